The molecule has 0 unspecified atom stereocenters. The van der Waals surface area contributed by atoms with Crippen LogP contribution in [0.5, 0.6) is 0 Å². The minimum atomic E-state index is -0.512. The number of amidine groups is 2. The van der Waals surface area contributed by atoms with Gasteiger partial charge in [0.25, 0.3) is 0 Å². The van der Waals surface area contributed by atoms with Crippen LogP contribution in [0.15, 0.2) is 24.5 Å². The maximum Gasteiger partial charge on any atom is 0.148 e. The molecule has 0 radical (unpaired) electrons. The van der Waals surface area contributed by atoms with Crippen LogP contribution in [0.25, 0.3) is 11.1 Å². The van der Waals surface area contributed by atoms with Crippen molar-refractivity contribution in [2.45, 2.75) is 39.5 Å². The van der Waals surface area contributed by atoms with E-state index in [1.807, 2.05) is 19.9 Å². The molecule has 2 heterocycles. The molecular formula is C19H20F2N4. The number of nitrogens with one attached hydrogen (secondary N) is 2. The predicted octanol–water partition coefficient (Wildman–Crippen LogP) is 4.88. The van der Waals surface area contributed by atoms with Gasteiger partial charge in [0.15, 0.2) is 0 Å². The third-order valence-electron chi connectivity index (χ3n) is 4.43. The normalized spacial score (nSPS) is 14.0. The fourth-order valence-corrected chi connectivity index (χ4v) is 3.38. The van der Waals surface area contributed by atoms with Gasteiger partial charge in [0.2, 0.25) is 0 Å². The van der Waals surface area contributed by atoms with E-state index in [2.05, 4.69) is 4.98 Å². The lowest BCUT2D eigenvalue weighted by atomic mass is 9.90. The molecule has 0 saturated heterocycles. The first-order valence-electron chi connectivity index (χ1n) is 8.20. The molecule has 25 heavy (non-hydrogen) atoms. The zero-order valence-corrected chi connectivity index (χ0v) is 14.5. The molecule has 0 aliphatic carbocycles. The quantitative estimate of drug-likeness (QED) is 0.603. The highest BCUT2D eigenvalue weighted by Crippen LogP contribution is 2.37. The highest BCUT2D eigenvalue weighted by molar-refractivity contribution is 6.17. The van der Waals surface area contributed by atoms with Crippen LogP contribution in [0.2, 0.25) is 0 Å². The maximum atomic E-state index is 14.9. The molecule has 0 fully saturated rings. The van der Waals surface area contributed by atoms with E-state index in [-0.39, 0.29) is 23.3 Å². The van der Waals surface area contributed by atoms with E-state index in [1.165, 1.54) is 24.1 Å². The summed E-state index contributed by atoms with van der Waals surface area (Å²) in [5.74, 6) is -0.660. The van der Waals surface area contributed by atoms with E-state index in [1.54, 1.807) is 6.20 Å². The lowest BCUT2D eigenvalue weighted by molar-refractivity contribution is 0.593. The monoisotopic (exact) mass is 342 g/mol. The maximum absolute atomic E-state index is 14.9. The summed E-state index contributed by atoms with van der Waals surface area (Å²) in [6, 6.07) is 3.17. The van der Waals surface area contributed by atoms with E-state index >= 15 is 0 Å². The molecule has 1 aliphatic heterocycles. The second kappa shape index (κ2) is 6.35. The molecule has 1 aromatic heterocycles. The molecule has 2 N–H and O–H groups in total. The fraction of sp³-hybridized carbons (Fsp3) is 0.316. The van der Waals surface area contributed by atoms with Gasteiger partial charge >= 0.3 is 0 Å². The Bertz CT molecular complexity index is 874. The summed E-state index contributed by atoms with van der Waals surface area (Å²) < 4.78 is 29.1. The van der Waals surface area contributed by atoms with Crippen LogP contribution in [0, 0.1) is 22.5 Å². The van der Waals surface area contributed by atoms with Crippen LogP contribution in [0.3, 0.4) is 0 Å². The molecule has 1 aliphatic rings. The molecule has 1 aromatic carbocycles. The largest absolute Gasteiger partial charge is 0.288 e. The Labute approximate surface area is 145 Å². The SMILES string of the molecule is CC(=N)N1C(=N)CCc2cc(-c3cncc(F)c3C(C)C)cc(F)c21. The Kier molecular flexibility index (Phi) is 4.37. The van der Waals surface area contributed by atoms with Gasteiger partial charge in [0.05, 0.1) is 11.9 Å². The van der Waals surface area contributed by atoms with Crippen molar-refractivity contribution in [1.29, 1.82) is 10.8 Å². The molecule has 0 saturated carbocycles. The molecule has 130 valence electrons. The lowest BCUT2D eigenvalue weighted by Crippen LogP contribution is -2.38. The summed E-state index contributed by atoms with van der Waals surface area (Å²) in [5, 5.41) is 15.8. The van der Waals surface area contributed by atoms with Gasteiger partial charge in [0.1, 0.15) is 23.3 Å². The topological polar surface area (TPSA) is 63.8 Å². The highest BCUT2D eigenvalue weighted by atomic mass is 19.1. The van der Waals surface area contributed by atoms with Gasteiger partial charge in [-0.2, -0.15) is 0 Å². The van der Waals surface area contributed by atoms with Crippen LogP contribution in [0.4, 0.5) is 14.5 Å². The molecule has 0 bridgehead atoms. The van der Waals surface area contributed by atoms with Gasteiger partial charge in [-0.25, -0.2) is 8.78 Å². The van der Waals surface area contributed by atoms with Gasteiger partial charge in [-0.1, -0.05) is 13.8 Å². The van der Waals surface area contributed by atoms with Crippen molar-refractivity contribution in [2.75, 3.05) is 4.90 Å². The number of anilines is 1. The molecule has 2 aromatic rings. The fourth-order valence-electron chi connectivity index (χ4n) is 3.38. The van der Waals surface area contributed by atoms with Crippen molar-refractivity contribution in [2.24, 2.45) is 0 Å². The zero-order valence-electron chi connectivity index (χ0n) is 14.5. The Morgan fingerprint density at radius 3 is 2.52 bits per heavy atom. The summed E-state index contributed by atoms with van der Waals surface area (Å²) >= 11 is 0. The minimum Gasteiger partial charge on any atom is -0.288 e. The van der Waals surface area contributed by atoms with Crippen molar-refractivity contribution in [3.8, 4) is 11.1 Å². The molecule has 0 atom stereocenters. The summed E-state index contributed by atoms with van der Waals surface area (Å²) in [6.07, 6.45) is 3.69. The average Bonchev–Trinajstić information content (AvgIpc) is 2.54. The second-order valence-electron chi connectivity index (χ2n) is 6.57. The van der Waals surface area contributed by atoms with Gasteiger partial charge in [-0.3, -0.25) is 20.7 Å². The first-order chi connectivity index (χ1) is 11.8. The summed E-state index contributed by atoms with van der Waals surface area (Å²) in [4.78, 5) is 5.25. The van der Waals surface area contributed by atoms with Crippen LogP contribution < -0.4 is 4.90 Å². The van der Waals surface area contributed by atoms with Crippen LogP contribution in [-0.4, -0.2) is 16.7 Å². The molecule has 0 amide bonds. The van der Waals surface area contributed by atoms with Gasteiger partial charge in [0, 0.05) is 23.7 Å². The number of aryl methyl sites for hydroxylation is 1. The molecule has 6 heteroatoms. The first kappa shape index (κ1) is 17.2. The minimum absolute atomic E-state index is 0.0643. The average molecular weight is 342 g/mol. The Morgan fingerprint density at radius 1 is 1.16 bits per heavy atom. The standard InChI is InChI=1S/C19H20F2N4/c1-10(2)18-14(8-24-9-16(18)21)13-6-12-4-5-17(23)25(11(3)22)19(12)15(20)7-13/h6-10,22-23H,4-5H2,1-3H3. The summed E-state index contributed by atoms with van der Waals surface area (Å²) in [6.45, 7) is 5.31. The molecular weight excluding hydrogens is 322 g/mol. The van der Waals surface area contributed by atoms with Crippen LogP contribution in [-0.2, 0) is 6.42 Å². The Hall–Kier alpha value is -2.63. The number of hydrogen-bond acceptors (Lipinski definition) is 3. The van der Waals surface area contributed by atoms with E-state index in [4.69, 9.17) is 10.8 Å². The van der Waals surface area contributed by atoms with Crippen molar-refractivity contribution >= 4 is 17.4 Å². The number of aromatic nitrogens is 1. The van der Waals surface area contributed by atoms with E-state index in [0.29, 0.717) is 29.5 Å². The number of benzene rings is 1. The third-order valence-corrected chi connectivity index (χ3v) is 4.43. The van der Waals surface area contributed by atoms with E-state index in [9.17, 15) is 8.78 Å². The Morgan fingerprint density at radius 2 is 1.88 bits per heavy atom. The number of halogens is 2. The van der Waals surface area contributed by atoms with Crippen molar-refractivity contribution in [1.82, 2.24) is 4.98 Å². The van der Waals surface area contributed by atoms with E-state index < -0.39 is 11.6 Å². The van der Waals surface area contributed by atoms with Crippen LogP contribution >= 0.6 is 0 Å². The molecule has 4 nitrogen and oxygen atoms in total. The van der Waals surface area contributed by atoms with Gasteiger partial charge < -0.3 is 0 Å². The number of hydrogen-bond donors (Lipinski definition) is 2. The van der Waals surface area contributed by atoms with Gasteiger partial charge in [-0.15, -0.1) is 0 Å². The highest BCUT2D eigenvalue weighted by Gasteiger charge is 2.27. The predicted molar refractivity (Wildman–Crippen MR) is 95.6 cm³/mol. The lowest BCUT2D eigenvalue weighted by Gasteiger charge is -2.31. The van der Waals surface area contributed by atoms with Gasteiger partial charge in [-0.05, 0) is 42.5 Å². The van der Waals surface area contributed by atoms with Crippen molar-refractivity contribution in [3.05, 3.63) is 47.3 Å². The third kappa shape index (κ3) is 2.92. The first-order valence-corrected chi connectivity index (χ1v) is 8.20. The Balaban J connectivity index is 2.21. The van der Waals surface area contributed by atoms with Crippen molar-refractivity contribution < 1.29 is 8.78 Å². The van der Waals surface area contributed by atoms with Crippen LogP contribution in [0.1, 0.15) is 44.2 Å². The smallest absolute Gasteiger partial charge is 0.148 e. The number of fused-ring (bicyclic) bond motifs is 1. The molecule has 3 rings (SSSR count). The number of pyridine rings is 1. The summed E-state index contributed by atoms with van der Waals surface area (Å²) in [5.41, 5.74) is 2.64. The van der Waals surface area contributed by atoms with E-state index in [0.717, 1.165) is 5.56 Å². The number of nitrogens with zero attached hydrogens (tertiary/aromatic N) is 2. The second-order valence-corrected chi connectivity index (χ2v) is 6.57. The molecule has 0 spiro atoms. The summed E-state index contributed by atoms with van der Waals surface area (Å²) in [7, 11) is 0. The zero-order chi connectivity index (χ0) is 18.3. The van der Waals surface area contributed by atoms with Crippen molar-refractivity contribution in [3.63, 3.8) is 0 Å². The number of rotatable bonds is 2.